The smallest absolute Gasteiger partial charge is 0.0648 e. The Labute approximate surface area is 114 Å². The van der Waals surface area contributed by atoms with Crippen LogP contribution in [0.2, 0.25) is 0 Å². The zero-order valence-corrected chi connectivity index (χ0v) is 11.9. The molecule has 3 nitrogen and oxygen atoms in total. The molecule has 1 fully saturated rings. The van der Waals surface area contributed by atoms with E-state index in [0.29, 0.717) is 6.04 Å². The van der Waals surface area contributed by atoms with Crippen molar-refractivity contribution in [3.63, 3.8) is 0 Å². The number of aromatic nitrogens is 2. The molecule has 3 rings (SSSR count). The van der Waals surface area contributed by atoms with Gasteiger partial charge in [0.25, 0.3) is 0 Å². The first-order chi connectivity index (χ1) is 9.16. The molecule has 2 atom stereocenters. The standard InChI is InChI=1S/C16H21N3/c1-11-9-16(11)17-10-15-12(2)18-19(13(15)3)14-7-5-4-6-8-14/h4-8,11,16-17H,9-10H2,1-3H3. The monoisotopic (exact) mass is 255 g/mol. The van der Waals surface area contributed by atoms with Crippen molar-refractivity contribution in [3.8, 4) is 5.69 Å². The lowest BCUT2D eigenvalue weighted by atomic mass is 10.2. The van der Waals surface area contributed by atoms with E-state index < -0.39 is 0 Å². The van der Waals surface area contributed by atoms with Gasteiger partial charge in [-0.15, -0.1) is 0 Å². The van der Waals surface area contributed by atoms with E-state index in [4.69, 9.17) is 0 Å². The summed E-state index contributed by atoms with van der Waals surface area (Å²) in [5.41, 5.74) is 4.84. The van der Waals surface area contributed by atoms with E-state index in [2.05, 4.69) is 55.5 Å². The number of rotatable bonds is 4. The fourth-order valence-corrected chi connectivity index (χ4v) is 2.59. The molecule has 2 aromatic rings. The van der Waals surface area contributed by atoms with Crippen LogP contribution in [0.4, 0.5) is 0 Å². The number of aryl methyl sites for hydroxylation is 1. The molecule has 1 saturated carbocycles. The van der Waals surface area contributed by atoms with Gasteiger partial charge < -0.3 is 5.32 Å². The first kappa shape index (κ1) is 12.4. The predicted octanol–water partition coefficient (Wildman–Crippen LogP) is 2.99. The van der Waals surface area contributed by atoms with Crippen molar-refractivity contribution in [3.05, 3.63) is 47.3 Å². The molecule has 0 radical (unpaired) electrons. The highest BCUT2D eigenvalue weighted by molar-refractivity contribution is 5.36. The summed E-state index contributed by atoms with van der Waals surface area (Å²) in [6, 6.07) is 11.0. The first-order valence-electron chi connectivity index (χ1n) is 7.00. The molecule has 19 heavy (non-hydrogen) atoms. The Bertz CT molecular complexity index is 571. The fourth-order valence-electron chi connectivity index (χ4n) is 2.59. The quantitative estimate of drug-likeness (QED) is 0.910. The van der Waals surface area contributed by atoms with E-state index in [1.807, 2.05) is 10.7 Å². The van der Waals surface area contributed by atoms with E-state index >= 15 is 0 Å². The van der Waals surface area contributed by atoms with Gasteiger partial charge >= 0.3 is 0 Å². The third kappa shape index (κ3) is 2.43. The molecule has 0 saturated heterocycles. The van der Waals surface area contributed by atoms with Gasteiger partial charge in [0.1, 0.15) is 0 Å². The van der Waals surface area contributed by atoms with Crippen molar-refractivity contribution in [2.75, 3.05) is 0 Å². The fraction of sp³-hybridized carbons (Fsp3) is 0.438. The third-order valence-electron chi connectivity index (χ3n) is 4.09. The number of para-hydroxylation sites is 1. The molecular weight excluding hydrogens is 234 g/mol. The molecule has 1 aromatic carbocycles. The van der Waals surface area contributed by atoms with E-state index in [1.54, 1.807) is 0 Å². The second kappa shape index (κ2) is 4.82. The molecule has 0 aliphatic heterocycles. The summed E-state index contributed by atoms with van der Waals surface area (Å²) in [6.07, 6.45) is 1.31. The molecule has 3 heteroatoms. The van der Waals surface area contributed by atoms with Gasteiger partial charge in [-0.1, -0.05) is 25.1 Å². The second-order valence-electron chi connectivity index (χ2n) is 5.60. The molecule has 0 spiro atoms. The van der Waals surface area contributed by atoms with Gasteiger partial charge in [-0.2, -0.15) is 5.10 Å². The summed E-state index contributed by atoms with van der Waals surface area (Å²) in [4.78, 5) is 0. The molecule has 100 valence electrons. The molecule has 1 aliphatic carbocycles. The van der Waals surface area contributed by atoms with Crippen LogP contribution in [0.3, 0.4) is 0 Å². The van der Waals surface area contributed by atoms with Gasteiger partial charge in [-0.3, -0.25) is 0 Å². The molecular formula is C16H21N3. The van der Waals surface area contributed by atoms with E-state index in [9.17, 15) is 0 Å². The van der Waals surface area contributed by atoms with Crippen LogP contribution in [0.15, 0.2) is 30.3 Å². The highest BCUT2D eigenvalue weighted by Gasteiger charge is 2.32. The van der Waals surface area contributed by atoms with Gasteiger partial charge in [0.15, 0.2) is 0 Å². The van der Waals surface area contributed by atoms with E-state index in [1.165, 1.54) is 17.7 Å². The molecule has 1 heterocycles. The average Bonchev–Trinajstić information content (AvgIpc) is 3.05. The first-order valence-corrected chi connectivity index (χ1v) is 7.00. The van der Waals surface area contributed by atoms with Crippen molar-refractivity contribution in [2.24, 2.45) is 5.92 Å². The van der Waals surface area contributed by atoms with Crippen LogP contribution in [0.5, 0.6) is 0 Å². The SMILES string of the molecule is Cc1nn(-c2ccccc2)c(C)c1CNC1CC1C. The van der Waals surface area contributed by atoms with Crippen LogP contribution in [0.25, 0.3) is 5.69 Å². The third-order valence-corrected chi connectivity index (χ3v) is 4.09. The average molecular weight is 255 g/mol. The Balaban J connectivity index is 1.83. The Morgan fingerprint density at radius 1 is 1.26 bits per heavy atom. The maximum atomic E-state index is 4.67. The largest absolute Gasteiger partial charge is 0.310 e. The summed E-state index contributed by atoms with van der Waals surface area (Å²) in [5.74, 6) is 0.838. The number of benzene rings is 1. The molecule has 0 bridgehead atoms. The maximum Gasteiger partial charge on any atom is 0.0648 e. The normalized spacial score (nSPS) is 21.6. The van der Waals surface area contributed by atoms with Gasteiger partial charge in [0.05, 0.1) is 11.4 Å². The van der Waals surface area contributed by atoms with Crippen molar-refractivity contribution in [1.82, 2.24) is 15.1 Å². The Kier molecular flexibility index (Phi) is 3.15. The number of hydrogen-bond donors (Lipinski definition) is 1. The lowest BCUT2D eigenvalue weighted by molar-refractivity contribution is 0.648. The lowest BCUT2D eigenvalue weighted by Crippen LogP contribution is -2.18. The topological polar surface area (TPSA) is 29.9 Å². The van der Waals surface area contributed by atoms with Gasteiger partial charge in [-0.25, -0.2) is 4.68 Å². The zero-order valence-electron chi connectivity index (χ0n) is 11.9. The summed E-state index contributed by atoms with van der Waals surface area (Å²) in [7, 11) is 0. The van der Waals surface area contributed by atoms with Gasteiger partial charge in [0, 0.05) is 23.8 Å². The van der Waals surface area contributed by atoms with Gasteiger partial charge in [-0.05, 0) is 38.3 Å². The van der Waals surface area contributed by atoms with Crippen LogP contribution in [0.1, 0.15) is 30.3 Å². The zero-order chi connectivity index (χ0) is 13.4. The highest BCUT2D eigenvalue weighted by Crippen LogP contribution is 2.29. The van der Waals surface area contributed by atoms with E-state index in [-0.39, 0.29) is 0 Å². The molecule has 2 unspecified atom stereocenters. The predicted molar refractivity (Wildman–Crippen MR) is 77.4 cm³/mol. The van der Waals surface area contributed by atoms with Crippen molar-refractivity contribution in [2.45, 2.75) is 39.8 Å². The molecule has 0 amide bonds. The van der Waals surface area contributed by atoms with Crippen molar-refractivity contribution in [1.29, 1.82) is 0 Å². The second-order valence-corrected chi connectivity index (χ2v) is 5.60. The molecule has 1 aromatic heterocycles. The summed E-state index contributed by atoms with van der Waals surface area (Å²) < 4.78 is 2.04. The minimum absolute atomic E-state index is 0.707. The molecule has 1 aliphatic rings. The van der Waals surface area contributed by atoms with Crippen LogP contribution in [0, 0.1) is 19.8 Å². The summed E-state index contributed by atoms with van der Waals surface area (Å²) >= 11 is 0. The number of nitrogens with zero attached hydrogens (tertiary/aromatic N) is 2. The van der Waals surface area contributed by atoms with Crippen LogP contribution < -0.4 is 5.32 Å². The minimum atomic E-state index is 0.707. The Morgan fingerprint density at radius 2 is 1.95 bits per heavy atom. The van der Waals surface area contributed by atoms with Gasteiger partial charge in [0.2, 0.25) is 0 Å². The Hall–Kier alpha value is -1.61. The van der Waals surface area contributed by atoms with E-state index in [0.717, 1.165) is 23.8 Å². The van der Waals surface area contributed by atoms with Crippen molar-refractivity contribution >= 4 is 0 Å². The maximum absolute atomic E-state index is 4.67. The van der Waals surface area contributed by atoms with Crippen LogP contribution >= 0.6 is 0 Å². The number of hydrogen-bond acceptors (Lipinski definition) is 2. The summed E-state index contributed by atoms with van der Waals surface area (Å²) in [5, 5.41) is 8.29. The minimum Gasteiger partial charge on any atom is -0.310 e. The lowest BCUT2D eigenvalue weighted by Gasteiger charge is -2.06. The Morgan fingerprint density at radius 3 is 2.58 bits per heavy atom. The van der Waals surface area contributed by atoms with Crippen molar-refractivity contribution < 1.29 is 0 Å². The van der Waals surface area contributed by atoms with Crippen LogP contribution in [-0.2, 0) is 6.54 Å². The summed E-state index contributed by atoms with van der Waals surface area (Å²) in [6.45, 7) is 7.48. The van der Waals surface area contributed by atoms with Crippen LogP contribution in [-0.4, -0.2) is 15.8 Å². The highest BCUT2D eigenvalue weighted by atomic mass is 15.3. The number of nitrogens with one attached hydrogen (secondary N) is 1. The molecule has 1 N–H and O–H groups in total.